The average Bonchev–Trinajstić information content (AvgIpc) is 3.31. The Morgan fingerprint density at radius 3 is 1.70 bits per heavy atom. The number of hydrogen-bond acceptors (Lipinski definition) is 11. The zero-order valence-corrected chi connectivity index (χ0v) is 40.7. The molecule has 6 atom stereocenters. The van der Waals surface area contributed by atoms with Gasteiger partial charge in [0.05, 0.1) is 19.2 Å². The normalized spacial score (nSPS) is 18.6. The van der Waals surface area contributed by atoms with Crippen molar-refractivity contribution in [2.24, 2.45) is 5.73 Å². The largest absolute Gasteiger partial charge is 0.444 e. The molecule has 5 amide bonds. The van der Waals surface area contributed by atoms with Crippen LogP contribution in [-0.2, 0) is 35.3 Å². The lowest BCUT2D eigenvalue weighted by Crippen LogP contribution is -2.69. The van der Waals surface area contributed by atoms with Gasteiger partial charge in [-0.05, 0) is 24.8 Å². The number of carbonyl (C=O) groups is 5. The highest BCUT2D eigenvalue weighted by Gasteiger charge is 2.48. The molecule has 0 bridgehead atoms. The van der Waals surface area contributed by atoms with E-state index >= 15 is 0 Å². The summed E-state index contributed by atoms with van der Waals surface area (Å²) in [4.78, 5) is 66.0. The first-order valence-corrected chi connectivity index (χ1v) is 25.8. The second kappa shape index (κ2) is 37.4. The molecule has 1 aliphatic heterocycles. The van der Waals surface area contributed by atoms with Gasteiger partial charge in [-0.2, -0.15) is 0 Å². The van der Waals surface area contributed by atoms with Crippen molar-refractivity contribution in [2.45, 2.75) is 237 Å². The van der Waals surface area contributed by atoms with Crippen molar-refractivity contribution in [1.82, 2.24) is 20.9 Å². The Bertz CT molecular complexity index is 1450. The quantitative estimate of drug-likeness (QED) is 0.0319. The van der Waals surface area contributed by atoms with Crippen molar-refractivity contribution >= 4 is 29.7 Å². The van der Waals surface area contributed by atoms with E-state index in [1.54, 1.807) is 24.3 Å². The fourth-order valence-electron chi connectivity index (χ4n) is 8.36. The minimum absolute atomic E-state index is 0.0249. The van der Waals surface area contributed by atoms with Gasteiger partial charge >= 0.3 is 6.09 Å². The maximum atomic E-state index is 14.0. The number of nitrogens with one attached hydrogen (secondary N) is 3. The van der Waals surface area contributed by atoms with Gasteiger partial charge in [-0.15, -0.1) is 0 Å². The molecular formula is C51H89N5O10. The summed E-state index contributed by atoms with van der Waals surface area (Å²) in [5, 5.41) is 39.5. The zero-order valence-electron chi connectivity index (χ0n) is 40.7. The molecule has 1 saturated heterocycles. The Balaban J connectivity index is 1.93. The lowest BCUT2D eigenvalue weighted by Gasteiger charge is -2.47. The third kappa shape index (κ3) is 26.1. The molecule has 0 saturated carbocycles. The molecule has 1 fully saturated rings. The van der Waals surface area contributed by atoms with Crippen LogP contribution in [-0.4, -0.2) is 106 Å². The summed E-state index contributed by atoms with van der Waals surface area (Å²) < 4.78 is 11.2. The molecule has 1 aromatic carbocycles. The first kappa shape index (κ1) is 58.5. The van der Waals surface area contributed by atoms with Crippen molar-refractivity contribution in [1.29, 1.82) is 0 Å². The highest BCUT2D eigenvalue weighted by atomic mass is 16.6. The summed E-state index contributed by atoms with van der Waals surface area (Å²) in [6, 6.07) is 6.47. The Morgan fingerprint density at radius 2 is 1.18 bits per heavy atom. The molecule has 378 valence electrons. The number of nitrogens with two attached hydrogens (primary N) is 1. The number of hydrogen-bond donors (Lipinski definition) is 7. The van der Waals surface area contributed by atoms with Crippen LogP contribution in [0.15, 0.2) is 30.3 Å². The van der Waals surface area contributed by atoms with Crippen LogP contribution >= 0.6 is 0 Å². The third-order valence-corrected chi connectivity index (χ3v) is 12.5. The van der Waals surface area contributed by atoms with Crippen LogP contribution in [0.4, 0.5) is 4.79 Å². The van der Waals surface area contributed by atoms with E-state index in [9.17, 15) is 39.3 Å². The number of carbonyl (C=O) groups excluding carboxylic acids is 5. The van der Waals surface area contributed by atoms with E-state index in [-0.39, 0.29) is 31.8 Å². The molecule has 1 aliphatic rings. The van der Waals surface area contributed by atoms with Gasteiger partial charge in [-0.3, -0.25) is 24.5 Å². The Morgan fingerprint density at radius 1 is 0.682 bits per heavy atom. The van der Waals surface area contributed by atoms with Gasteiger partial charge in [0.15, 0.2) is 6.23 Å². The van der Waals surface area contributed by atoms with Gasteiger partial charge in [0.1, 0.15) is 31.0 Å². The van der Waals surface area contributed by atoms with Crippen LogP contribution in [0.1, 0.15) is 199 Å². The van der Waals surface area contributed by atoms with E-state index in [0.29, 0.717) is 19.4 Å². The van der Waals surface area contributed by atoms with Gasteiger partial charge in [0.25, 0.3) is 0 Å². The van der Waals surface area contributed by atoms with Crippen LogP contribution in [0.5, 0.6) is 0 Å². The maximum Gasteiger partial charge on any atom is 0.414 e. The number of imide groups is 1. The number of amides is 5. The summed E-state index contributed by atoms with van der Waals surface area (Å²) >= 11 is 0. The number of rotatable bonds is 38. The second-order valence-electron chi connectivity index (χ2n) is 18.3. The molecule has 0 unspecified atom stereocenters. The van der Waals surface area contributed by atoms with Crippen molar-refractivity contribution in [3.63, 3.8) is 0 Å². The number of aliphatic hydroxyl groups is 3. The lowest BCUT2D eigenvalue weighted by molar-refractivity contribution is -0.231. The molecule has 0 radical (unpaired) electrons. The van der Waals surface area contributed by atoms with Crippen molar-refractivity contribution in [3.8, 4) is 0 Å². The van der Waals surface area contributed by atoms with Crippen molar-refractivity contribution < 1.29 is 48.8 Å². The number of benzene rings is 1. The van der Waals surface area contributed by atoms with Crippen molar-refractivity contribution in [2.75, 3.05) is 19.7 Å². The topological polar surface area (TPSA) is 230 Å². The van der Waals surface area contributed by atoms with E-state index in [1.165, 1.54) is 114 Å². The summed E-state index contributed by atoms with van der Waals surface area (Å²) in [6.07, 6.45) is 22.5. The van der Waals surface area contributed by atoms with E-state index in [1.807, 2.05) is 6.07 Å². The molecule has 15 heteroatoms. The van der Waals surface area contributed by atoms with Gasteiger partial charge in [0.2, 0.25) is 23.6 Å². The molecule has 15 nitrogen and oxygen atoms in total. The fraction of sp³-hybridized carbons (Fsp3) is 0.784. The summed E-state index contributed by atoms with van der Waals surface area (Å²) in [5.41, 5.74) is 6.74. The first-order chi connectivity index (χ1) is 32.0. The van der Waals surface area contributed by atoms with Gasteiger partial charge < -0.3 is 46.1 Å². The summed E-state index contributed by atoms with van der Waals surface area (Å²) in [5.74, 6) is -2.36. The van der Waals surface area contributed by atoms with Gasteiger partial charge in [-0.1, -0.05) is 192 Å². The van der Waals surface area contributed by atoms with Crippen LogP contribution in [0.2, 0.25) is 0 Å². The molecule has 0 aromatic heterocycles. The summed E-state index contributed by atoms with van der Waals surface area (Å²) in [7, 11) is 0. The van der Waals surface area contributed by atoms with Crippen LogP contribution < -0.4 is 21.7 Å². The van der Waals surface area contributed by atoms with E-state index < -0.39 is 73.6 Å². The Labute approximate surface area is 396 Å². The van der Waals surface area contributed by atoms with Crippen LogP contribution in [0, 0.1) is 0 Å². The minimum atomic E-state index is -1.60. The standard InChI is InChI=1S/C51H89N5O10/c1-3-5-7-9-11-13-14-15-16-17-18-19-21-23-25-30-36-56(45(60)33-29-24-22-20-12-10-8-6-4-2)50-46(48(62)47(61)42(38-57)66-50)54-44(59)37-53-49(63)41(52)34-35-43(58)55-51(64)65-39-40-31-27-26-28-32-40/h26-28,31-32,41-42,46-48,50,57,61-62H,3-25,29-30,33-39,52H2,1-2H3,(H,53,63)(H,54,59)(H,55,58,64)/t41-,42+,46+,47+,48+,50+/m0/s1. The van der Waals surface area contributed by atoms with Gasteiger partial charge in [0, 0.05) is 19.4 Å². The van der Waals surface area contributed by atoms with Crippen LogP contribution in [0.25, 0.3) is 0 Å². The number of unbranched alkanes of at least 4 members (excludes halogenated alkanes) is 23. The number of ether oxygens (including phenoxy) is 2. The van der Waals surface area contributed by atoms with Gasteiger partial charge in [-0.25, -0.2) is 4.79 Å². The SMILES string of the molecule is CCCCCCCCCCCCCCCCCCN(C(=O)CCCCCCCCCCC)[C@@H]1O[C@H](CO)[C@@H](O)[C@H](O)[C@H]1NC(=O)CNC(=O)[C@@H](N)CCC(=O)NC(=O)OCc1ccccc1. The molecule has 1 aromatic rings. The average molecular weight is 932 g/mol. The molecular weight excluding hydrogens is 843 g/mol. The third-order valence-electron chi connectivity index (χ3n) is 12.5. The number of nitrogens with zero attached hydrogens (tertiary/aromatic N) is 1. The predicted octanol–water partition coefficient (Wildman–Crippen LogP) is 7.60. The molecule has 2 rings (SSSR count). The molecule has 0 spiro atoms. The molecule has 8 N–H and O–H groups in total. The maximum absolute atomic E-state index is 14.0. The molecule has 66 heavy (non-hydrogen) atoms. The summed E-state index contributed by atoms with van der Waals surface area (Å²) in [6.45, 7) is 3.55. The highest BCUT2D eigenvalue weighted by Crippen LogP contribution is 2.26. The molecule has 1 heterocycles. The molecule has 0 aliphatic carbocycles. The second-order valence-corrected chi connectivity index (χ2v) is 18.3. The Kier molecular flexibility index (Phi) is 33.1. The lowest BCUT2D eigenvalue weighted by atomic mass is 9.94. The predicted molar refractivity (Wildman–Crippen MR) is 258 cm³/mol. The number of alkyl carbamates (subject to hydrolysis) is 1. The van der Waals surface area contributed by atoms with E-state index in [2.05, 4.69) is 29.8 Å². The smallest absolute Gasteiger partial charge is 0.414 e. The Hall–Kier alpha value is -3.63. The first-order valence-electron chi connectivity index (χ1n) is 25.8. The van der Waals surface area contributed by atoms with E-state index in [4.69, 9.17) is 15.2 Å². The highest BCUT2D eigenvalue weighted by molar-refractivity contribution is 5.92. The van der Waals surface area contributed by atoms with Crippen molar-refractivity contribution in [3.05, 3.63) is 35.9 Å². The monoisotopic (exact) mass is 932 g/mol. The zero-order chi connectivity index (χ0) is 48.2. The minimum Gasteiger partial charge on any atom is -0.444 e. The van der Waals surface area contributed by atoms with Crippen LogP contribution in [0.3, 0.4) is 0 Å². The fourth-order valence-corrected chi connectivity index (χ4v) is 8.36. The van der Waals surface area contributed by atoms with E-state index in [0.717, 1.165) is 44.1 Å². The number of aliphatic hydroxyl groups excluding tert-OH is 3.